The summed E-state index contributed by atoms with van der Waals surface area (Å²) in [7, 11) is 1.81. The van der Waals surface area contributed by atoms with Crippen LogP contribution in [-0.2, 0) is 6.18 Å². The number of alkyl halides is 3. The van der Waals surface area contributed by atoms with Gasteiger partial charge in [-0.2, -0.15) is 13.2 Å². The summed E-state index contributed by atoms with van der Waals surface area (Å²) in [6, 6.07) is 8.81. The monoisotopic (exact) mass is 466 g/mol. The second kappa shape index (κ2) is 8.87. The van der Waals surface area contributed by atoms with Gasteiger partial charge in [0.05, 0.1) is 35.8 Å². The molecule has 0 aliphatic carbocycles. The number of rotatable bonds is 6. The molecule has 3 heterocycles. The average molecular weight is 466 g/mol. The van der Waals surface area contributed by atoms with Crippen molar-refractivity contribution >= 4 is 28.6 Å². The number of aromatic nitrogens is 4. The highest BCUT2D eigenvalue weighted by Crippen LogP contribution is 2.37. The Kier molecular flexibility index (Phi) is 5.95. The number of hydrogen-bond acceptors (Lipinski definition) is 5. The van der Waals surface area contributed by atoms with Crippen LogP contribution in [0.2, 0.25) is 0 Å². The van der Waals surface area contributed by atoms with Gasteiger partial charge in [0.1, 0.15) is 17.6 Å². The molecule has 0 fully saturated rings. The first-order valence-electron chi connectivity index (χ1n) is 10.0. The number of benzene rings is 1. The van der Waals surface area contributed by atoms with Crippen molar-refractivity contribution in [3.8, 4) is 16.8 Å². The molecular formula is C23H19F3N7O+. The van der Waals surface area contributed by atoms with Crippen LogP contribution in [-0.4, -0.2) is 38.7 Å². The van der Waals surface area contributed by atoms with Crippen LogP contribution < -0.4 is 11.1 Å². The lowest BCUT2D eigenvalue weighted by Gasteiger charge is -2.14. The Morgan fingerprint density at radius 3 is 2.59 bits per heavy atom. The molecule has 8 nitrogen and oxygen atoms in total. The SMILES string of the molecule is C[NH2+]/C=C(\C=N)c1cn(-c2cccc3c(-c4ccc(C(N)=O)nc4)cc(C(F)(F)F)nc23)cn1. The Morgan fingerprint density at radius 1 is 1.18 bits per heavy atom. The summed E-state index contributed by atoms with van der Waals surface area (Å²) in [5.74, 6) is -0.737. The summed E-state index contributed by atoms with van der Waals surface area (Å²) in [4.78, 5) is 23.5. The average Bonchev–Trinajstić information content (AvgIpc) is 3.30. The molecule has 3 aromatic heterocycles. The molecule has 0 atom stereocenters. The Bertz CT molecular complexity index is 1420. The Hall–Kier alpha value is -4.38. The van der Waals surface area contributed by atoms with Gasteiger partial charge in [-0.05, 0) is 23.8 Å². The number of quaternary nitrogens is 1. The summed E-state index contributed by atoms with van der Waals surface area (Å²) < 4.78 is 42.9. The van der Waals surface area contributed by atoms with Crippen molar-refractivity contribution in [2.24, 2.45) is 5.73 Å². The number of carbonyl (C=O) groups is 1. The van der Waals surface area contributed by atoms with Crippen molar-refractivity contribution in [3.63, 3.8) is 0 Å². The standard InChI is InChI=1S/C23H18F3N7O/c1-29-9-14(8-27)18-11-33(12-31-18)19-4-2-3-15-16(7-20(23(24,25)26)32-21(15)19)13-5-6-17(22(28)34)30-10-13/h2-12,27,29H,1H3,(H2,28,34)/p+1/b14-9+,27-8?. The fraction of sp³-hybridized carbons (Fsp3) is 0.0870. The summed E-state index contributed by atoms with van der Waals surface area (Å²) in [5.41, 5.74) is 6.32. The molecule has 1 aromatic carbocycles. The number of halogens is 3. The minimum Gasteiger partial charge on any atom is -0.364 e. The zero-order valence-electron chi connectivity index (χ0n) is 17.8. The Balaban J connectivity index is 1.95. The quantitative estimate of drug-likeness (QED) is 0.378. The van der Waals surface area contributed by atoms with Crippen molar-refractivity contribution in [2.75, 3.05) is 7.05 Å². The van der Waals surface area contributed by atoms with Gasteiger partial charge in [0.25, 0.3) is 5.91 Å². The van der Waals surface area contributed by atoms with Crippen molar-refractivity contribution < 1.29 is 23.3 Å². The van der Waals surface area contributed by atoms with Crippen molar-refractivity contribution in [2.45, 2.75) is 6.18 Å². The number of para-hydroxylation sites is 1. The maximum atomic E-state index is 13.8. The van der Waals surface area contributed by atoms with E-state index in [-0.39, 0.29) is 16.8 Å². The van der Waals surface area contributed by atoms with Crippen LogP contribution in [0, 0.1) is 5.41 Å². The van der Waals surface area contributed by atoms with Gasteiger partial charge in [-0.3, -0.25) is 9.78 Å². The number of nitrogens with zero attached hydrogens (tertiary/aromatic N) is 4. The molecule has 0 aliphatic rings. The van der Waals surface area contributed by atoms with Crippen LogP contribution in [0.25, 0.3) is 33.3 Å². The van der Waals surface area contributed by atoms with Crippen LogP contribution in [0.1, 0.15) is 21.9 Å². The Labute approximate surface area is 191 Å². The number of pyridine rings is 2. The molecule has 0 spiro atoms. The fourth-order valence-electron chi connectivity index (χ4n) is 3.52. The molecule has 0 radical (unpaired) electrons. The van der Waals surface area contributed by atoms with Crippen molar-refractivity contribution in [3.05, 3.63) is 78.4 Å². The summed E-state index contributed by atoms with van der Waals surface area (Å²) in [6.07, 6.45) is 2.56. The zero-order valence-corrected chi connectivity index (χ0v) is 17.8. The maximum Gasteiger partial charge on any atom is 0.433 e. The minimum atomic E-state index is -4.69. The lowest BCUT2D eigenvalue weighted by Crippen LogP contribution is -2.72. The van der Waals surface area contributed by atoms with Crippen LogP contribution in [0.3, 0.4) is 0 Å². The number of primary amides is 1. The molecule has 1 amide bonds. The molecule has 0 saturated heterocycles. The van der Waals surface area contributed by atoms with E-state index in [2.05, 4.69) is 15.0 Å². The zero-order chi connectivity index (χ0) is 24.5. The highest BCUT2D eigenvalue weighted by molar-refractivity contribution is 6.07. The van der Waals surface area contributed by atoms with Gasteiger partial charge in [-0.1, -0.05) is 18.2 Å². The first-order chi connectivity index (χ1) is 16.2. The molecular weight excluding hydrogens is 447 g/mol. The van der Waals surface area contributed by atoms with Crippen LogP contribution in [0.15, 0.2) is 61.3 Å². The third kappa shape index (κ3) is 4.28. The molecule has 4 aromatic rings. The molecule has 4 rings (SSSR count). The molecule has 0 unspecified atom stereocenters. The fourth-order valence-corrected chi connectivity index (χ4v) is 3.52. The third-order valence-electron chi connectivity index (χ3n) is 5.09. The van der Waals surface area contributed by atoms with Gasteiger partial charge in [0.2, 0.25) is 0 Å². The second-order valence-electron chi connectivity index (χ2n) is 7.29. The number of imidazole rings is 1. The van der Waals surface area contributed by atoms with E-state index in [0.717, 1.165) is 12.3 Å². The van der Waals surface area contributed by atoms with Gasteiger partial charge in [-0.25, -0.2) is 9.97 Å². The number of amides is 1. The summed E-state index contributed by atoms with van der Waals surface area (Å²) >= 11 is 0. The molecule has 11 heteroatoms. The van der Waals surface area contributed by atoms with E-state index in [1.165, 1.54) is 24.7 Å². The number of hydrogen-bond donors (Lipinski definition) is 3. The Morgan fingerprint density at radius 2 is 1.97 bits per heavy atom. The highest BCUT2D eigenvalue weighted by Gasteiger charge is 2.34. The lowest BCUT2D eigenvalue weighted by atomic mass is 10.00. The number of allylic oxidation sites excluding steroid dienone is 1. The predicted octanol–water partition coefficient (Wildman–Crippen LogP) is 2.78. The number of nitrogens with one attached hydrogen (secondary N) is 1. The number of carbonyl (C=O) groups excluding carboxylic acids is 1. The maximum absolute atomic E-state index is 13.8. The van der Waals surface area contributed by atoms with E-state index in [9.17, 15) is 18.0 Å². The lowest BCUT2D eigenvalue weighted by molar-refractivity contribution is -0.555. The van der Waals surface area contributed by atoms with Gasteiger partial charge >= 0.3 is 6.18 Å². The van der Waals surface area contributed by atoms with E-state index >= 15 is 0 Å². The minimum absolute atomic E-state index is 0.00386. The van der Waals surface area contributed by atoms with Crippen molar-refractivity contribution in [1.82, 2.24) is 19.5 Å². The van der Waals surface area contributed by atoms with Crippen LogP contribution in [0.5, 0.6) is 0 Å². The summed E-state index contributed by atoms with van der Waals surface area (Å²) in [5, 5.41) is 9.79. The highest BCUT2D eigenvalue weighted by atomic mass is 19.4. The van der Waals surface area contributed by atoms with Gasteiger partial charge in [0, 0.05) is 29.6 Å². The first kappa shape index (κ1) is 22.8. The second-order valence-corrected chi connectivity index (χ2v) is 7.29. The first-order valence-corrected chi connectivity index (χ1v) is 10.0. The van der Waals surface area contributed by atoms with E-state index in [1.807, 2.05) is 0 Å². The van der Waals surface area contributed by atoms with Gasteiger partial charge in [0.15, 0.2) is 0 Å². The molecule has 0 bridgehead atoms. The van der Waals surface area contributed by atoms with E-state index in [1.54, 1.807) is 47.5 Å². The molecule has 0 aliphatic heterocycles. The smallest absolute Gasteiger partial charge is 0.364 e. The van der Waals surface area contributed by atoms with Gasteiger partial charge < -0.3 is 21.0 Å². The van der Waals surface area contributed by atoms with E-state index in [0.29, 0.717) is 27.9 Å². The largest absolute Gasteiger partial charge is 0.433 e. The summed E-state index contributed by atoms with van der Waals surface area (Å²) in [6.45, 7) is 0. The number of nitrogens with two attached hydrogens (primary N) is 2. The van der Waals surface area contributed by atoms with E-state index in [4.69, 9.17) is 11.1 Å². The predicted molar refractivity (Wildman–Crippen MR) is 120 cm³/mol. The molecule has 0 saturated carbocycles. The van der Waals surface area contributed by atoms with Crippen molar-refractivity contribution in [1.29, 1.82) is 5.41 Å². The molecule has 5 N–H and O–H groups in total. The van der Waals surface area contributed by atoms with Gasteiger partial charge in [-0.15, -0.1) is 0 Å². The third-order valence-corrected chi connectivity index (χ3v) is 5.09. The topological polar surface area (TPSA) is 127 Å². The van der Waals surface area contributed by atoms with Crippen LogP contribution >= 0.6 is 0 Å². The van der Waals surface area contributed by atoms with Crippen LogP contribution in [0.4, 0.5) is 13.2 Å². The molecule has 34 heavy (non-hydrogen) atoms. The number of fused-ring (bicyclic) bond motifs is 1. The van der Waals surface area contributed by atoms with E-state index < -0.39 is 17.8 Å². The normalized spacial score (nSPS) is 12.2. The molecule has 172 valence electrons.